The fourth-order valence-corrected chi connectivity index (χ4v) is 2.16. The van der Waals surface area contributed by atoms with Crippen molar-refractivity contribution in [1.29, 1.82) is 0 Å². The van der Waals surface area contributed by atoms with Crippen molar-refractivity contribution in [3.63, 3.8) is 0 Å². The van der Waals surface area contributed by atoms with E-state index < -0.39 is 0 Å². The second-order valence-electron chi connectivity index (χ2n) is 5.95. The van der Waals surface area contributed by atoms with E-state index in [9.17, 15) is 0 Å². The fourth-order valence-electron chi connectivity index (χ4n) is 2.16. The number of aryl methyl sites for hydroxylation is 2. The van der Waals surface area contributed by atoms with E-state index in [1.807, 2.05) is 4.68 Å². The summed E-state index contributed by atoms with van der Waals surface area (Å²) in [4.78, 5) is 0. The molecule has 1 N–H and O–H groups in total. The summed E-state index contributed by atoms with van der Waals surface area (Å²) >= 11 is 0. The molecule has 1 aromatic carbocycles. The van der Waals surface area contributed by atoms with E-state index in [1.165, 1.54) is 16.7 Å². The zero-order valence-corrected chi connectivity index (χ0v) is 13.0. The van der Waals surface area contributed by atoms with Crippen LogP contribution >= 0.6 is 0 Å². The summed E-state index contributed by atoms with van der Waals surface area (Å²) in [5, 5.41) is 8.03. The van der Waals surface area contributed by atoms with E-state index in [0.29, 0.717) is 5.92 Å². The van der Waals surface area contributed by atoms with Crippen molar-refractivity contribution >= 4 is 0 Å². The molecule has 1 aromatic heterocycles. The van der Waals surface area contributed by atoms with Gasteiger partial charge < -0.3 is 5.32 Å². The Labute approximate surface area is 122 Å². The lowest BCUT2D eigenvalue weighted by Gasteiger charge is -2.06. The average molecular weight is 271 g/mol. The number of nitrogens with one attached hydrogen (secondary N) is 1. The standard InChI is InChI=1S/C17H25N3/c1-13(2)10-18-11-17-7-8-20(19-17)12-16-6-5-14(3)15(4)9-16/h5-9,13,18H,10-12H2,1-4H3. The van der Waals surface area contributed by atoms with Crippen LogP contribution in [-0.4, -0.2) is 16.3 Å². The van der Waals surface area contributed by atoms with Crippen molar-refractivity contribution in [1.82, 2.24) is 15.1 Å². The molecule has 2 aromatic rings. The van der Waals surface area contributed by atoms with Gasteiger partial charge in [0.15, 0.2) is 0 Å². The van der Waals surface area contributed by atoms with Gasteiger partial charge in [0, 0.05) is 12.7 Å². The van der Waals surface area contributed by atoms with E-state index in [4.69, 9.17) is 0 Å². The predicted octanol–water partition coefficient (Wildman–Crippen LogP) is 3.29. The molecule has 0 unspecified atom stereocenters. The maximum absolute atomic E-state index is 4.61. The Kier molecular flexibility index (Phi) is 4.96. The minimum absolute atomic E-state index is 0.674. The summed E-state index contributed by atoms with van der Waals surface area (Å²) in [6.07, 6.45) is 2.06. The Morgan fingerprint density at radius 1 is 1.15 bits per heavy atom. The van der Waals surface area contributed by atoms with E-state index in [1.54, 1.807) is 0 Å². The quantitative estimate of drug-likeness (QED) is 0.873. The Balaban J connectivity index is 1.93. The zero-order valence-electron chi connectivity index (χ0n) is 13.0. The third kappa shape index (κ3) is 4.20. The second kappa shape index (κ2) is 6.71. The third-order valence-electron chi connectivity index (χ3n) is 3.47. The molecule has 0 aliphatic heterocycles. The SMILES string of the molecule is Cc1ccc(Cn2ccc(CNCC(C)C)n2)cc1C. The minimum Gasteiger partial charge on any atom is -0.311 e. The van der Waals surface area contributed by atoms with Gasteiger partial charge in [-0.2, -0.15) is 5.10 Å². The predicted molar refractivity (Wildman–Crippen MR) is 83.8 cm³/mol. The lowest BCUT2D eigenvalue weighted by Crippen LogP contribution is -2.19. The van der Waals surface area contributed by atoms with E-state index in [0.717, 1.165) is 25.3 Å². The van der Waals surface area contributed by atoms with E-state index in [2.05, 4.69) is 68.6 Å². The van der Waals surface area contributed by atoms with Crippen LogP contribution in [0.25, 0.3) is 0 Å². The summed E-state index contributed by atoms with van der Waals surface area (Å²) in [5.41, 5.74) is 5.09. The number of nitrogens with zero attached hydrogens (tertiary/aromatic N) is 2. The first-order valence-corrected chi connectivity index (χ1v) is 7.34. The van der Waals surface area contributed by atoms with Gasteiger partial charge in [-0.25, -0.2) is 0 Å². The van der Waals surface area contributed by atoms with Crippen LogP contribution in [0.1, 0.15) is 36.2 Å². The van der Waals surface area contributed by atoms with Crippen LogP contribution in [0.2, 0.25) is 0 Å². The van der Waals surface area contributed by atoms with Gasteiger partial charge in [-0.1, -0.05) is 32.0 Å². The molecule has 0 aliphatic rings. The Bertz CT molecular complexity index is 555. The molecule has 0 aliphatic carbocycles. The molecule has 0 fully saturated rings. The van der Waals surface area contributed by atoms with Gasteiger partial charge in [-0.15, -0.1) is 0 Å². The summed E-state index contributed by atoms with van der Waals surface area (Å²) in [6, 6.07) is 8.70. The van der Waals surface area contributed by atoms with Crippen LogP contribution in [-0.2, 0) is 13.1 Å². The van der Waals surface area contributed by atoms with Crippen molar-refractivity contribution in [3.05, 3.63) is 52.8 Å². The Morgan fingerprint density at radius 2 is 1.95 bits per heavy atom. The highest BCUT2D eigenvalue weighted by molar-refractivity contribution is 5.30. The molecule has 3 nitrogen and oxygen atoms in total. The maximum atomic E-state index is 4.61. The molecule has 108 valence electrons. The summed E-state index contributed by atoms with van der Waals surface area (Å²) < 4.78 is 2.01. The molecule has 0 bridgehead atoms. The molecule has 1 heterocycles. The molecule has 2 rings (SSSR count). The summed E-state index contributed by atoms with van der Waals surface area (Å²) in [7, 11) is 0. The normalized spacial score (nSPS) is 11.2. The van der Waals surface area contributed by atoms with Crippen molar-refractivity contribution in [2.75, 3.05) is 6.54 Å². The van der Waals surface area contributed by atoms with Crippen LogP contribution in [0.15, 0.2) is 30.5 Å². The first-order chi connectivity index (χ1) is 9.54. The van der Waals surface area contributed by atoms with Crippen molar-refractivity contribution in [3.8, 4) is 0 Å². The number of benzene rings is 1. The number of rotatable bonds is 6. The summed E-state index contributed by atoms with van der Waals surface area (Å²) in [5.74, 6) is 0.674. The molecule has 0 radical (unpaired) electrons. The highest BCUT2D eigenvalue weighted by Crippen LogP contribution is 2.11. The van der Waals surface area contributed by atoms with Gasteiger partial charge in [-0.05, 0) is 49.1 Å². The molecule has 20 heavy (non-hydrogen) atoms. The molecule has 0 spiro atoms. The van der Waals surface area contributed by atoms with Gasteiger partial charge in [-0.3, -0.25) is 4.68 Å². The zero-order chi connectivity index (χ0) is 14.5. The van der Waals surface area contributed by atoms with Crippen LogP contribution < -0.4 is 5.32 Å². The molecule has 3 heteroatoms. The first-order valence-electron chi connectivity index (χ1n) is 7.34. The van der Waals surface area contributed by atoms with Crippen LogP contribution in [0.5, 0.6) is 0 Å². The fraction of sp³-hybridized carbons (Fsp3) is 0.471. The highest BCUT2D eigenvalue weighted by atomic mass is 15.3. The molecular weight excluding hydrogens is 246 g/mol. The largest absolute Gasteiger partial charge is 0.311 e. The van der Waals surface area contributed by atoms with Crippen molar-refractivity contribution < 1.29 is 0 Å². The molecule has 0 saturated carbocycles. The van der Waals surface area contributed by atoms with Crippen LogP contribution in [0.3, 0.4) is 0 Å². The lowest BCUT2D eigenvalue weighted by molar-refractivity contribution is 0.543. The number of hydrogen-bond acceptors (Lipinski definition) is 2. The topological polar surface area (TPSA) is 29.9 Å². The third-order valence-corrected chi connectivity index (χ3v) is 3.47. The van der Waals surface area contributed by atoms with Crippen LogP contribution in [0, 0.1) is 19.8 Å². The lowest BCUT2D eigenvalue weighted by atomic mass is 10.1. The second-order valence-corrected chi connectivity index (χ2v) is 5.95. The number of hydrogen-bond donors (Lipinski definition) is 1. The van der Waals surface area contributed by atoms with E-state index in [-0.39, 0.29) is 0 Å². The molecule has 0 saturated heterocycles. The van der Waals surface area contributed by atoms with Crippen LogP contribution in [0.4, 0.5) is 0 Å². The van der Waals surface area contributed by atoms with Crippen molar-refractivity contribution in [2.24, 2.45) is 5.92 Å². The molecule has 0 atom stereocenters. The Hall–Kier alpha value is -1.61. The highest BCUT2D eigenvalue weighted by Gasteiger charge is 2.02. The average Bonchev–Trinajstić information content (AvgIpc) is 2.81. The molecular formula is C17H25N3. The first kappa shape index (κ1) is 14.8. The maximum Gasteiger partial charge on any atom is 0.0762 e. The number of aromatic nitrogens is 2. The summed E-state index contributed by atoms with van der Waals surface area (Å²) in [6.45, 7) is 11.4. The monoisotopic (exact) mass is 271 g/mol. The van der Waals surface area contributed by atoms with Crippen molar-refractivity contribution in [2.45, 2.75) is 40.8 Å². The molecule has 0 amide bonds. The van der Waals surface area contributed by atoms with E-state index >= 15 is 0 Å². The van der Waals surface area contributed by atoms with Gasteiger partial charge in [0.25, 0.3) is 0 Å². The van der Waals surface area contributed by atoms with Gasteiger partial charge >= 0.3 is 0 Å². The van der Waals surface area contributed by atoms with Gasteiger partial charge in [0.05, 0.1) is 12.2 Å². The van der Waals surface area contributed by atoms with Gasteiger partial charge in [0.1, 0.15) is 0 Å². The van der Waals surface area contributed by atoms with Gasteiger partial charge in [0.2, 0.25) is 0 Å². The minimum atomic E-state index is 0.674. The smallest absolute Gasteiger partial charge is 0.0762 e. The Morgan fingerprint density at radius 3 is 2.65 bits per heavy atom.